The molecule has 0 bridgehead atoms. The number of rotatable bonds is 1. The SMILES string of the molecule is O=C(Nc1cc(Cl)c(C(F)(F)F)cc1F)N1CCc2cc(=O)[nH]cc2C1. The van der Waals surface area contributed by atoms with Crippen LogP contribution >= 0.6 is 11.6 Å². The van der Waals surface area contributed by atoms with Crippen molar-refractivity contribution in [3.05, 3.63) is 62.3 Å². The zero-order valence-corrected chi connectivity index (χ0v) is 13.8. The van der Waals surface area contributed by atoms with Crippen molar-refractivity contribution in [3.63, 3.8) is 0 Å². The zero-order chi connectivity index (χ0) is 19.1. The van der Waals surface area contributed by atoms with Gasteiger partial charge < -0.3 is 15.2 Å². The van der Waals surface area contributed by atoms with Crippen LogP contribution in [0.3, 0.4) is 0 Å². The summed E-state index contributed by atoms with van der Waals surface area (Å²) in [6, 6.07) is 1.73. The number of benzene rings is 1. The number of aromatic amines is 1. The Hall–Kier alpha value is -2.55. The van der Waals surface area contributed by atoms with E-state index in [4.69, 9.17) is 11.6 Å². The summed E-state index contributed by atoms with van der Waals surface area (Å²) < 4.78 is 52.1. The van der Waals surface area contributed by atoms with Crippen LogP contribution in [0, 0.1) is 5.82 Å². The highest BCUT2D eigenvalue weighted by molar-refractivity contribution is 6.31. The molecule has 2 N–H and O–H groups in total. The van der Waals surface area contributed by atoms with Crippen molar-refractivity contribution in [3.8, 4) is 0 Å². The van der Waals surface area contributed by atoms with Gasteiger partial charge >= 0.3 is 12.2 Å². The number of hydrogen-bond donors (Lipinski definition) is 2. The topological polar surface area (TPSA) is 65.2 Å². The number of carbonyl (C=O) groups excluding carboxylic acids is 1. The van der Waals surface area contributed by atoms with E-state index in [-0.39, 0.29) is 24.7 Å². The van der Waals surface area contributed by atoms with Crippen molar-refractivity contribution in [1.82, 2.24) is 9.88 Å². The number of amides is 2. The molecule has 3 rings (SSSR count). The van der Waals surface area contributed by atoms with E-state index in [1.807, 2.05) is 0 Å². The highest BCUT2D eigenvalue weighted by Gasteiger charge is 2.34. The maximum absolute atomic E-state index is 13.9. The fraction of sp³-hybridized carbons (Fsp3) is 0.250. The van der Waals surface area contributed by atoms with Crippen molar-refractivity contribution in [2.24, 2.45) is 0 Å². The summed E-state index contributed by atoms with van der Waals surface area (Å²) in [5.74, 6) is -1.24. The van der Waals surface area contributed by atoms with Gasteiger partial charge in [0.05, 0.1) is 16.3 Å². The minimum Gasteiger partial charge on any atom is -0.329 e. The Morgan fingerprint density at radius 3 is 2.65 bits per heavy atom. The molecule has 0 spiro atoms. The number of halogens is 5. The third-order valence-corrected chi connectivity index (χ3v) is 4.32. The molecule has 10 heteroatoms. The van der Waals surface area contributed by atoms with Crippen LogP contribution in [0.15, 0.2) is 29.2 Å². The standard InChI is InChI=1S/C16H12ClF4N3O2/c17-11-5-13(12(18)4-10(11)16(19,20)21)23-15(26)24-2-1-8-3-14(25)22-6-9(8)7-24/h3-6H,1-2,7H2,(H,22,25)(H,23,26). The summed E-state index contributed by atoms with van der Waals surface area (Å²) in [6.45, 7) is 0.451. The number of carbonyl (C=O) groups is 1. The molecule has 0 atom stereocenters. The van der Waals surface area contributed by atoms with Crippen molar-refractivity contribution < 1.29 is 22.4 Å². The molecule has 138 valence electrons. The number of anilines is 1. The lowest BCUT2D eigenvalue weighted by atomic mass is 10.0. The maximum Gasteiger partial charge on any atom is 0.417 e. The van der Waals surface area contributed by atoms with Crippen molar-refractivity contribution in [2.75, 3.05) is 11.9 Å². The molecule has 0 unspecified atom stereocenters. The smallest absolute Gasteiger partial charge is 0.329 e. The molecule has 26 heavy (non-hydrogen) atoms. The van der Waals surface area contributed by atoms with E-state index in [0.717, 1.165) is 17.2 Å². The molecule has 0 saturated carbocycles. The molecule has 1 aromatic heterocycles. The number of urea groups is 1. The molecule has 2 aromatic rings. The summed E-state index contributed by atoms with van der Waals surface area (Å²) in [6.07, 6.45) is -2.87. The van der Waals surface area contributed by atoms with Crippen LogP contribution in [0.1, 0.15) is 16.7 Å². The van der Waals surface area contributed by atoms with Gasteiger partial charge in [-0.15, -0.1) is 0 Å². The lowest BCUT2D eigenvalue weighted by Crippen LogP contribution is -2.39. The minimum absolute atomic E-state index is 0.175. The van der Waals surface area contributed by atoms with E-state index in [0.29, 0.717) is 6.42 Å². The van der Waals surface area contributed by atoms with Crippen LogP contribution in [-0.2, 0) is 19.1 Å². The highest BCUT2D eigenvalue weighted by Crippen LogP contribution is 2.37. The van der Waals surface area contributed by atoms with Gasteiger partial charge in [0.15, 0.2) is 0 Å². The Labute approximate surface area is 149 Å². The number of aromatic nitrogens is 1. The van der Waals surface area contributed by atoms with Gasteiger partial charge in [-0.05, 0) is 29.7 Å². The fourth-order valence-electron chi connectivity index (χ4n) is 2.69. The summed E-state index contributed by atoms with van der Waals surface area (Å²) in [4.78, 5) is 27.4. The molecule has 0 saturated heterocycles. The van der Waals surface area contributed by atoms with Gasteiger partial charge in [0.1, 0.15) is 5.82 Å². The summed E-state index contributed by atoms with van der Waals surface area (Å²) in [5, 5.41) is 1.52. The second-order valence-electron chi connectivity index (χ2n) is 5.76. The number of nitrogens with zero attached hydrogens (tertiary/aromatic N) is 1. The zero-order valence-electron chi connectivity index (χ0n) is 13.1. The molecule has 2 amide bonds. The monoisotopic (exact) mass is 389 g/mol. The number of nitrogens with one attached hydrogen (secondary N) is 2. The molecule has 0 aliphatic carbocycles. The van der Waals surface area contributed by atoms with E-state index in [1.165, 1.54) is 17.2 Å². The van der Waals surface area contributed by atoms with Crippen molar-refractivity contribution in [2.45, 2.75) is 19.1 Å². The average molecular weight is 390 g/mol. The normalized spacial score (nSPS) is 14.1. The average Bonchev–Trinajstić information content (AvgIpc) is 2.56. The van der Waals surface area contributed by atoms with E-state index < -0.39 is 34.3 Å². The van der Waals surface area contributed by atoms with Gasteiger partial charge in [-0.3, -0.25) is 4.79 Å². The first-order chi connectivity index (χ1) is 12.1. The lowest BCUT2D eigenvalue weighted by molar-refractivity contribution is -0.137. The number of H-pyrrole nitrogens is 1. The van der Waals surface area contributed by atoms with Crippen LogP contribution in [0.2, 0.25) is 5.02 Å². The Balaban J connectivity index is 1.78. The maximum atomic E-state index is 13.9. The van der Waals surface area contributed by atoms with Crippen molar-refractivity contribution >= 4 is 23.3 Å². The third kappa shape index (κ3) is 3.67. The number of pyridine rings is 1. The van der Waals surface area contributed by atoms with E-state index in [2.05, 4.69) is 10.3 Å². The molecule has 1 aromatic carbocycles. The van der Waals surface area contributed by atoms with Gasteiger partial charge in [-0.1, -0.05) is 11.6 Å². The molecular formula is C16H12ClF4N3O2. The highest BCUT2D eigenvalue weighted by atomic mass is 35.5. The van der Waals surface area contributed by atoms with Gasteiger partial charge in [-0.25, -0.2) is 9.18 Å². The second kappa shape index (κ2) is 6.64. The molecule has 2 heterocycles. The number of hydrogen-bond acceptors (Lipinski definition) is 2. The van der Waals surface area contributed by atoms with Gasteiger partial charge in [0, 0.05) is 25.4 Å². The van der Waals surface area contributed by atoms with Crippen molar-refractivity contribution in [1.29, 1.82) is 0 Å². The van der Waals surface area contributed by atoms with Crippen LogP contribution in [0.5, 0.6) is 0 Å². The quantitative estimate of drug-likeness (QED) is 0.729. The van der Waals surface area contributed by atoms with Gasteiger partial charge in [0.2, 0.25) is 5.56 Å². The Kier molecular flexibility index (Phi) is 4.66. The second-order valence-corrected chi connectivity index (χ2v) is 6.17. The van der Waals surface area contributed by atoms with Gasteiger partial charge in [0.25, 0.3) is 0 Å². The fourth-order valence-corrected chi connectivity index (χ4v) is 2.96. The Morgan fingerprint density at radius 2 is 1.96 bits per heavy atom. The third-order valence-electron chi connectivity index (χ3n) is 4.01. The molecule has 0 radical (unpaired) electrons. The van der Waals surface area contributed by atoms with Crippen LogP contribution in [0.25, 0.3) is 0 Å². The summed E-state index contributed by atoms with van der Waals surface area (Å²) in [7, 11) is 0. The first-order valence-electron chi connectivity index (χ1n) is 7.48. The summed E-state index contributed by atoms with van der Waals surface area (Å²) >= 11 is 5.55. The molecule has 1 aliphatic heterocycles. The van der Waals surface area contributed by atoms with Crippen LogP contribution in [-0.4, -0.2) is 22.5 Å². The summed E-state index contributed by atoms with van der Waals surface area (Å²) in [5.41, 5.74) is -0.465. The molecule has 1 aliphatic rings. The van der Waals surface area contributed by atoms with Crippen LogP contribution in [0.4, 0.5) is 28.0 Å². The molecule has 0 fully saturated rings. The predicted octanol–water partition coefficient (Wildman–Crippen LogP) is 3.78. The largest absolute Gasteiger partial charge is 0.417 e. The van der Waals surface area contributed by atoms with Gasteiger partial charge in [-0.2, -0.15) is 13.2 Å². The van der Waals surface area contributed by atoms with E-state index in [9.17, 15) is 27.2 Å². The molecule has 5 nitrogen and oxygen atoms in total. The Bertz CT molecular complexity index is 927. The first-order valence-corrected chi connectivity index (χ1v) is 7.85. The number of alkyl halides is 3. The number of fused-ring (bicyclic) bond motifs is 1. The van der Waals surface area contributed by atoms with E-state index in [1.54, 1.807) is 0 Å². The first kappa shape index (κ1) is 18.2. The predicted molar refractivity (Wildman–Crippen MR) is 86.6 cm³/mol. The molecular weight excluding hydrogens is 378 g/mol. The van der Waals surface area contributed by atoms with Crippen LogP contribution < -0.4 is 10.9 Å². The Morgan fingerprint density at radius 1 is 1.23 bits per heavy atom. The van der Waals surface area contributed by atoms with E-state index >= 15 is 0 Å². The lowest BCUT2D eigenvalue weighted by Gasteiger charge is -2.28. The minimum atomic E-state index is -4.80.